The normalized spacial score (nSPS) is 18.0. The molecule has 3 N–H and O–H groups in total. The van der Waals surface area contributed by atoms with Gasteiger partial charge < -0.3 is 11.1 Å². The van der Waals surface area contributed by atoms with Crippen molar-refractivity contribution in [2.24, 2.45) is 10.4 Å². The minimum absolute atomic E-state index is 0.433. The summed E-state index contributed by atoms with van der Waals surface area (Å²) in [6, 6.07) is 6.40. The van der Waals surface area contributed by atoms with Crippen molar-refractivity contribution in [3.8, 4) is 11.3 Å². The van der Waals surface area contributed by atoms with Crippen molar-refractivity contribution in [2.75, 3.05) is 11.1 Å². The maximum atomic E-state index is 6.37. The lowest BCUT2D eigenvalue weighted by atomic mass is 9.83. The fourth-order valence-electron chi connectivity index (χ4n) is 4.62. The highest BCUT2D eigenvalue weighted by molar-refractivity contribution is 5.87. The summed E-state index contributed by atoms with van der Waals surface area (Å²) in [5.41, 5.74) is 12.4. The number of nitrogens with zero attached hydrogens (tertiary/aromatic N) is 5. The van der Waals surface area contributed by atoms with Crippen LogP contribution in [0.4, 0.5) is 17.5 Å². The third kappa shape index (κ3) is 3.53. The molecule has 0 atom stereocenters. The molecule has 0 bridgehead atoms. The van der Waals surface area contributed by atoms with Gasteiger partial charge >= 0.3 is 0 Å². The number of rotatable bonds is 4. The van der Waals surface area contributed by atoms with Crippen LogP contribution < -0.4 is 11.1 Å². The lowest BCUT2D eigenvalue weighted by Crippen LogP contribution is -2.28. The second-order valence-electron chi connectivity index (χ2n) is 9.12. The first-order valence-electron chi connectivity index (χ1n) is 10.8. The maximum Gasteiger partial charge on any atom is 0.243 e. The lowest BCUT2D eigenvalue weighted by Gasteiger charge is -2.29. The van der Waals surface area contributed by atoms with E-state index in [2.05, 4.69) is 20.4 Å². The molecular formula is C23H29N7. The Morgan fingerprint density at radius 1 is 1.13 bits per heavy atom. The molecule has 30 heavy (non-hydrogen) atoms. The number of aromatic nitrogens is 4. The van der Waals surface area contributed by atoms with Crippen LogP contribution in [-0.4, -0.2) is 31.3 Å². The largest absolute Gasteiger partial charge is 0.382 e. The van der Waals surface area contributed by atoms with Gasteiger partial charge in [0.2, 0.25) is 5.95 Å². The van der Waals surface area contributed by atoms with Crippen LogP contribution in [0.15, 0.2) is 29.4 Å². The van der Waals surface area contributed by atoms with Gasteiger partial charge in [-0.05, 0) is 82.9 Å². The highest BCUT2D eigenvalue weighted by atomic mass is 15.3. The van der Waals surface area contributed by atoms with Crippen LogP contribution in [0.3, 0.4) is 0 Å². The summed E-state index contributed by atoms with van der Waals surface area (Å²) in [4.78, 5) is 13.9. The van der Waals surface area contributed by atoms with Crippen LogP contribution in [0, 0.1) is 12.3 Å². The molecule has 3 aromatic rings. The first-order chi connectivity index (χ1) is 14.4. The van der Waals surface area contributed by atoms with Crippen LogP contribution in [0.5, 0.6) is 0 Å². The van der Waals surface area contributed by atoms with Crippen molar-refractivity contribution in [1.82, 2.24) is 19.6 Å². The Labute approximate surface area is 176 Å². The van der Waals surface area contributed by atoms with Crippen molar-refractivity contribution in [3.05, 3.63) is 30.1 Å². The number of nitrogens with one attached hydrogen (secondary N) is 1. The van der Waals surface area contributed by atoms with Gasteiger partial charge in [-0.1, -0.05) is 0 Å². The third-order valence-electron chi connectivity index (χ3n) is 6.55. The van der Waals surface area contributed by atoms with Gasteiger partial charge in [0.1, 0.15) is 5.52 Å². The molecule has 3 aromatic heterocycles. The smallest absolute Gasteiger partial charge is 0.243 e. The predicted molar refractivity (Wildman–Crippen MR) is 121 cm³/mol. The topological polar surface area (TPSA) is 93.5 Å². The van der Waals surface area contributed by atoms with E-state index in [1.165, 1.54) is 38.5 Å². The molecule has 7 heteroatoms. The SMILES string of the molecule is CC(C)=Nc1ccc(-c2ccn3nc(NC4CCC5(CC4)CC5)nc(N)c23)nc1C. The molecule has 0 aromatic carbocycles. The van der Waals surface area contributed by atoms with Crippen molar-refractivity contribution in [1.29, 1.82) is 0 Å². The van der Waals surface area contributed by atoms with Gasteiger partial charge in [0.15, 0.2) is 5.82 Å². The molecule has 2 saturated carbocycles. The molecule has 2 aliphatic carbocycles. The van der Waals surface area contributed by atoms with E-state index in [1.54, 1.807) is 0 Å². The summed E-state index contributed by atoms with van der Waals surface area (Å²) in [6.07, 6.45) is 9.77. The zero-order valence-electron chi connectivity index (χ0n) is 17.9. The number of pyridine rings is 1. The third-order valence-corrected chi connectivity index (χ3v) is 6.55. The number of nitrogen functional groups attached to an aromatic ring is 1. The Hall–Kier alpha value is -2.96. The van der Waals surface area contributed by atoms with Crippen LogP contribution in [-0.2, 0) is 0 Å². The van der Waals surface area contributed by atoms with Crippen molar-refractivity contribution in [3.63, 3.8) is 0 Å². The number of anilines is 2. The van der Waals surface area contributed by atoms with Gasteiger partial charge in [-0.3, -0.25) is 9.98 Å². The average Bonchev–Trinajstić information content (AvgIpc) is 3.32. The summed E-state index contributed by atoms with van der Waals surface area (Å²) in [5.74, 6) is 1.07. The number of hydrogen-bond acceptors (Lipinski definition) is 6. The number of hydrogen-bond donors (Lipinski definition) is 2. The minimum atomic E-state index is 0.433. The first kappa shape index (κ1) is 19.0. The molecule has 0 unspecified atom stereocenters. The molecule has 0 aliphatic heterocycles. The Morgan fingerprint density at radius 3 is 2.57 bits per heavy atom. The quantitative estimate of drug-likeness (QED) is 0.603. The van der Waals surface area contributed by atoms with E-state index in [1.807, 2.05) is 49.7 Å². The second-order valence-corrected chi connectivity index (χ2v) is 9.12. The summed E-state index contributed by atoms with van der Waals surface area (Å²) < 4.78 is 1.81. The van der Waals surface area contributed by atoms with E-state index >= 15 is 0 Å². The zero-order chi connectivity index (χ0) is 20.9. The van der Waals surface area contributed by atoms with E-state index in [0.29, 0.717) is 23.2 Å². The monoisotopic (exact) mass is 403 g/mol. The highest BCUT2D eigenvalue weighted by Gasteiger charge is 2.44. The van der Waals surface area contributed by atoms with Crippen molar-refractivity contribution < 1.29 is 0 Å². The molecule has 0 saturated heterocycles. The van der Waals surface area contributed by atoms with Crippen LogP contribution in [0.2, 0.25) is 0 Å². The van der Waals surface area contributed by atoms with Crippen molar-refractivity contribution >= 4 is 28.7 Å². The summed E-state index contributed by atoms with van der Waals surface area (Å²) in [5, 5.41) is 8.18. The van der Waals surface area contributed by atoms with Crippen LogP contribution in [0.1, 0.15) is 58.1 Å². The van der Waals surface area contributed by atoms with E-state index in [4.69, 9.17) is 10.7 Å². The molecule has 1 spiro atoms. The number of aryl methyl sites for hydroxylation is 1. The van der Waals surface area contributed by atoms with E-state index in [0.717, 1.165) is 33.9 Å². The van der Waals surface area contributed by atoms with E-state index in [-0.39, 0.29) is 0 Å². The fourth-order valence-corrected chi connectivity index (χ4v) is 4.62. The molecular weight excluding hydrogens is 374 g/mol. The fraction of sp³-hybridized carbons (Fsp3) is 0.478. The highest BCUT2D eigenvalue weighted by Crippen LogP contribution is 2.56. The number of aliphatic imine (C=N–C) groups is 1. The Kier molecular flexibility index (Phi) is 4.49. The molecule has 0 amide bonds. The minimum Gasteiger partial charge on any atom is -0.382 e. The lowest BCUT2D eigenvalue weighted by molar-refractivity contribution is 0.316. The van der Waals surface area contributed by atoms with Gasteiger partial charge in [-0.25, -0.2) is 4.52 Å². The Morgan fingerprint density at radius 2 is 1.90 bits per heavy atom. The Balaban J connectivity index is 1.41. The second kappa shape index (κ2) is 7.07. The molecule has 156 valence electrons. The van der Waals surface area contributed by atoms with Crippen LogP contribution >= 0.6 is 0 Å². The van der Waals surface area contributed by atoms with Gasteiger partial charge in [0.25, 0.3) is 0 Å². The molecule has 2 fully saturated rings. The first-order valence-corrected chi connectivity index (χ1v) is 10.8. The molecule has 2 aliphatic rings. The van der Waals surface area contributed by atoms with Gasteiger partial charge in [0.05, 0.1) is 17.1 Å². The summed E-state index contributed by atoms with van der Waals surface area (Å²) in [6.45, 7) is 5.94. The standard InChI is InChI=1S/C23H29N7/c1-14(2)25-18-4-5-19(26-15(18)3)17-8-13-30-20(17)21(24)28-22(29-30)27-16-6-9-23(10-7-16)11-12-23/h4-5,8,13,16H,6-7,9-12H2,1-3H3,(H3,24,27,28,29). The maximum absolute atomic E-state index is 6.37. The molecule has 0 radical (unpaired) electrons. The molecule has 5 rings (SSSR count). The summed E-state index contributed by atoms with van der Waals surface area (Å²) in [7, 11) is 0. The number of nitrogens with two attached hydrogens (primary N) is 1. The predicted octanol–water partition coefficient (Wildman–Crippen LogP) is 4.93. The zero-order valence-corrected chi connectivity index (χ0v) is 17.9. The van der Waals surface area contributed by atoms with Gasteiger partial charge in [0, 0.05) is 23.5 Å². The van der Waals surface area contributed by atoms with Crippen LogP contribution in [0.25, 0.3) is 16.8 Å². The van der Waals surface area contributed by atoms with Gasteiger partial charge in [-0.2, -0.15) is 4.98 Å². The summed E-state index contributed by atoms with van der Waals surface area (Å²) >= 11 is 0. The van der Waals surface area contributed by atoms with Crippen molar-refractivity contribution in [2.45, 2.75) is 65.3 Å². The van der Waals surface area contributed by atoms with E-state index in [9.17, 15) is 0 Å². The average molecular weight is 404 g/mol. The van der Waals surface area contributed by atoms with Gasteiger partial charge in [-0.15, -0.1) is 5.10 Å². The number of fused-ring (bicyclic) bond motifs is 1. The Bertz CT molecular complexity index is 1130. The van der Waals surface area contributed by atoms with E-state index < -0.39 is 0 Å². The molecule has 7 nitrogen and oxygen atoms in total. The molecule has 3 heterocycles.